The summed E-state index contributed by atoms with van der Waals surface area (Å²) in [7, 11) is 1.87. The number of aromatic nitrogens is 3. The number of hydrogen-bond donors (Lipinski definition) is 1. The summed E-state index contributed by atoms with van der Waals surface area (Å²) in [6.45, 7) is 1.20. The minimum Gasteiger partial charge on any atom is -0.355 e. The highest BCUT2D eigenvalue weighted by atomic mass is 32.2. The van der Waals surface area contributed by atoms with Crippen molar-refractivity contribution in [2.24, 2.45) is 13.0 Å². The smallest absolute Gasteiger partial charge is 0.224 e. The van der Waals surface area contributed by atoms with E-state index in [9.17, 15) is 14.0 Å². The highest BCUT2D eigenvalue weighted by Crippen LogP contribution is 2.20. The standard InChI is InChI=1S/C18H22FN5O2S/c1-23-12-21-22-18(23)27-8-7-20-17(26)14-5-6-16(25)24(11-14)10-13-3-2-4-15(19)9-13/h2-4,9,12,14H,5-8,10-11H2,1H3,(H,20,26)/t14-/m0/s1. The lowest BCUT2D eigenvalue weighted by Gasteiger charge is -2.32. The van der Waals surface area contributed by atoms with E-state index in [2.05, 4.69) is 15.5 Å². The second-order valence-corrected chi connectivity index (χ2v) is 7.57. The van der Waals surface area contributed by atoms with Crippen LogP contribution in [0.5, 0.6) is 0 Å². The van der Waals surface area contributed by atoms with Crippen LogP contribution in [-0.2, 0) is 23.2 Å². The number of carbonyl (C=O) groups excluding carboxylic acids is 2. The van der Waals surface area contributed by atoms with Crippen LogP contribution in [-0.4, -0.2) is 50.3 Å². The van der Waals surface area contributed by atoms with Gasteiger partial charge in [0.25, 0.3) is 0 Å². The lowest BCUT2D eigenvalue weighted by molar-refractivity contribution is -0.138. The lowest BCUT2D eigenvalue weighted by atomic mass is 9.96. The number of nitrogens with zero attached hydrogens (tertiary/aromatic N) is 4. The van der Waals surface area contributed by atoms with E-state index in [0.717, 1.165) is 10.7 Å². The second-order valence-electron chi connectivity index (χ2n) is 6.50. The van der Waals surface area contributed by atoms with Gasteiger partial charge in [0, 0.05) is 38.9 Å². The Morgan fingerprint density at radius 3 is 3.04 bits per heavy atom. The van der Waals surface area contributed by atoms with Gasteiger partial charge in [-0.05, 0) is 24.1 Å². The molecule has 1 N–H and O–H groups in total. The number of carbonyl (C=O) groups is 2. The van der Waals surface area contributed by atoms with Crippen LogP contribution in [0.3, 0.4) is 0 Å². The summed E-state index contributed by atoms with van der Waals surface area (Å²) in [4.78, 5) is 26.2. The van der Waals surface area contributed by atoms with E-state index in [4.69, 9.17) is 0 Å². The minimum atomic E-state index is -0.327. The molecule has 0 radical (unpaired) electrons. The largest absolute Gasteiger partial charge is 0.355 e. The molecule has 0 aliphatic carbocycles. The van der Waals surface area contributed by atoms with Crippen molar-refractivity contribution in [3.8, 4) is 0 Å². The first-order chi connectivity index (χ1) is 13.0. The van der Waals surface area contributed by atoms with Gasteiger partial charge in [-0.1, -0.05) is 23.9 Å². The van der Waals surface area contributed by atoms with Gasteiger partial charge in [-0.2, -0.15) is 0 Å². The van der Waals surface area contributed by atoms with Crippen LogP contribution in [0.25, 0.3) is 0 Å². The molecular formula is C18H22FN5O2S. The number of benzene rings is 1. The van der Waals surface area contributed by atoms with Crippen molar-refractivity contribution in [2.45, 2.75) is 24.5 Å². The van der Waals surface area contributed by atoms with Gasteiger partial charge < -0.3 is 14.8 Å². The molecule has 1 aliphatic heterocycles. The number of nitrogens with one attached hydrogen (secondary N) is 1. The van der Waals surface area contributed by atoms with Gasteiger partial charge in [0.1, 0.15) is 12.1 Å². The van der Waals surface area contributed by atoms with Crippen LogP contribution in [0.2, 0.25) is 0 Å². The van der Waals surface area contributed by atoms with Crippen molar-refractivity contribution in [1.82, 2.24) is 25.0 Å². The topological polar surface area (TPSA) is 80.1 Å². The zero-order valence-electron chi connectivity index (χ0n) is 15.1. The second kappa shape index (κ2) is 8.98. The van der Waals surface area contributed by atoms with E-state index in [1.807, 2.05) is 11.6 Å². The van der Waals surface area contributed by atoms with Crippen molar-refractivity contribution in [3.63, 3.8) is 0 Å². The minimum absolute atomic E-state index is 0.00106. The summed E-state index contributed by atoms with van der Waals surface area (Å²) < 4.78 is 15.2. The maximum atomic E-state index is 13.3. The molecular weight excluding hydrogens is 369 g/mol. The zero-order chi connectivity index (χ0) is 19.2. The summed E-state index contributed by atoms with van der Waals surface area (Å²) in [5.74, 6) is 0.0749. The predicted octanol–water partition coefficient (Wildman–Crippen LogP) is 1.60. The number of amides is 2. The molecule has 0 bridgehead atoms. The van der Waals surface area contributed by atoms with Crippen molar-refractivity contribution >= 4 is 23.6 Å². The number of rotatable bonds is 7. The molecule has 1 fully saturated rings. The SMILES string of the molecule is Cn1cnnc1SCCNC(=O)[C@H]1CCC(=O)N(Cc2cccc(F)c2)C1. The Morgan fingerprint density at radius 1 is 1.44 bits per heavy atom. The van der Waals surface area contributed by atoms with Crippen LogP contribution in [0.15, 0.2) is 35.7 Å². The molecule has 27 heavy (non-hydrogen) atoms. The average Bonchev–Trinajstić information content (AvgIpc) is 3.05. The molecule has 9 heteroatoms. The van der Waals surface area contributed by atoms with E-state index in [1.54, 1.807) is 23.4 Å². The summed E-state index contributed by atoms with van der Waals surface area (Å²) in [5, 5.41) is 11.5. The molecule has 0 saturated carbocycles. The summed E-state index contributed by atoms with van der Waals surface area (Å²) in [6.07, 6.45) is 2.51. The molecule has 2 amide bonds. The fraction of sp³-hybridized carbons (Fsp3) is 0.444. The van der Waals surface area contributed by atoms with Gasteiger partial charge in [0.2, 0.25) is 11.8 Å². The highest BCUT2D eigenvalue weighted by molar-refractivity contribution is 7.99. The van der Waals surface area contributed by atoms with Crippen LogP contribution in [0, 0.1) is 11.7 Å². The van der Waals surface area contributed by atoms with Crippen LogP contribution < -0.4 is 5.32 Å². The first-order valence-electron chi connectivity index (χ1n) is 8.79. The quantitative estimate of drug-likeness (QED) is 0.573. The Hall–Kier alpha value is -2.42. The molecule has 3 rings (SSSR count). The molecule has 2 aromatic rings. The molecule has 2 heterocycles. The molecule has 1 aromatic heterocycles. The fourth-order valence-electron chi connectivity index (χ4n) is 3.00. The van der Waals surface area contributed by atoms with Crippen molar-refractivity contribution in [2.75, 3.05) is 18.8 Å². The molecule has 1 aromatic carbocycles. The van der Waals surface area contributed by atoms with Crippen LogP contribution in [0.4, 0.5) is 4.39 Å². The third kappa shape index (κ3) is 5.29. The van der Waals surface area contributed by atoms with Gasteiger partial charge in [-0.25, -0.2) is 4.39 Å². The summed E-state index contributed by atoms with van der Waals surface area (Å²) >= 11 is 1.52. The van der Waals surface area contributed by atoms with Crippen LogP contribution in [0.1, 0.15) is 18.4 Å². The van der Waals surface area contributed by atoms with Crippen molar-refractivity contribution in [3.05, 3.63) is 42.0 Å². The number of likely N-dealkylation sites (tertiary alicyclic amines) is 1. The Balaban J connectivity index is 1.47. The zero-order valence-corrected chi connectivity index (χ0v) is 15.9. The molecule has 1 saturated heterocycles. The number of hydrogen-bond acceptors (Lipinski definition) is 5. The van der Waals surface area contributed by atoms with E-state index in [1.165, 1.54) is 23.9 Å². The number of aryl methyl sites for hydroxylation is 1. The molecule has 1 atom stereocenters. The predicted molar refractivity (Wildman–Crippen MR) is 99.3 cm³/mol. The van der Waals surface area contributed by atoms with Gasteiger partial charge in [-0.15, -0.1) is 10.2 Å². The normalized spacial score (nSPS) is 17.2. The van der Waals surface area contributed by atoms with E-state index in [-0.39, 0.29) is 23.5 Å². The van der Waals surface area contributed by atoms with E-state index in [0.29, 0.717) is 38.2 Å². The molecule has 0 unspecified atom stereocenters. The first kappa shape index (κ1) is 19.3. The monoisotopic (exact) mass is 391 g/mol. The Kier molecular flexibility index (Phi) is 6.44. The number of thioether (sulfide) groups is 1. The van der Waals surface area contributed by atoms with Gasteiger partial charge in [0.15, 0.2) is 5.16 Å². The highest BCUT2D eigenvalue weighted by Gasteiger charge is 2.30. The molecule has 144 valence electrons. The van der Waals surface area contributed by atoms with Crippen molar-refractivity contribution < 1.29 is 14.0 Å². The van der Waals surface area contributed by atoms with Crippen molar-refractivity contribution in [1.29, 1.82) is 0 Å². The van der Waals surface area contributed by atoms with Gasteiger partial charge >= 0.3 is 0 Å². The third-order valence-electron chi connectivity index (χ3n) is 4.44. The van der Waals surface area contributed by atoms with E-state index >= 15 is 0 Å². The maximum Gasteiger partial charge on any atom is 0.224 e. The van der Waals surface area contributed by atoms with Crippen LogP contribution >= 0.6 is 11.8 Å². The van der Waals surface area contributed by atoms with Gasteiger partial charge in [-0.3, -0.25) is 9.59 Å². The maximum absolute atomic E-state index is 13.3. The Labute approximate surface area is 161 Å². The fourth-order valence-corrected chi connectivity index (χ4v) is 3.74. The first-order valence-corrected chi connectivity index (χ1v) is 9.78. The average molecular weight is 391 g/mol. The Morgan fingerprint density at radius 2 is 2.30 bits per heavy atom. The molecule has 0 spiro atoms. The summed E-state index contributed by atoms with van der Waals surface area (Å²) in [6, 6.07) is 6.19. The van der Waals surface area contributed by atoms with Gasteiger partial charge in [0.05, 0.1) is 5.92 Å². The number of piperidine rings is 1. The molecule has 7 nitrogen and oxygen atoms in total. The van der Waals surface area contributed by atoms with E-state index < -0.39 is 0 Å². The summed E-state index contributed by atoms with van der Waals surface area (Å²) in [5.41, 5.74) is 0.726. The number of halogens is 1. The Bertz CT molecular complexity index is 813. The third-order valence-corrected chi connectivity index (χ3v) is 5.47. The lowest BCUT2D eigenvalue weighted by Crippen LogP contribution is -2.45. The molecule has 1 aliphatic rings.